The van der Waals surface area contributed by atoms with Crippen LogP contribution in [0.4, 0.5) is 5.82 Å². The molecular weight excluding hydrogens is 339 g/mol. The first-order valence-electron chi connectivity index (χ1n) is 7.08. The number of rotatable bonds is 2. The van der Waals surface area contributed by atoms with E-state index in [1.54, 1.807) is 23.1 Å². The van der Waals surface area contributed by atoms with E-state index in [0.29, 0.717) is 47.6 Å². The number of amides is 1. The minimum absolute atomic E-state index is 0.0814. The molecule has 0 saturated carbocycles. The van der Waals surface area contributed by atoms with Gasteiger partial charge < -0.3 is 14.8 Å². The Morgan fingerprint density at radius 3 is 2.48 bits per heavy atom. The highest BCUT2D eigenvalue weighted by atomic mass is 35.5. The smallest absolute Gasteiger partial charge is 0.254 e. The molecular formula is C15H14Cl2N4O2. The fourth-order valence-corrected chi connectivity index (χ4v) is 2.78. The standard InChI is InChI=1S/C15H14Cl2N4O2/c16-11-2-1-10(7-12(11)17)15(23)21-5-3-20(4-6-21)13-8-14(22)19-9-18-13/h1-2,7-9H,3-6H2,(H,18,19,22). The zero-order chi connectivity index (χ0) is 16.4. The van der Waals surface area contributed by atoms with Crippen molar-refractivity contribution in [1.29, 1.82) is 0 Å². The predicted octanol–water partition coefficient (Wildman–Crippen LogP) is 2.04. The number of H-pyrrole nitrogens is 1. The zero-order valence-corrected chi connectivity index (χ0v) is 13.6. The first-order chi connectivity index (χ1) is 11.0. The molecule has 1 aliphatic rings. The molecule has 1 fully saturated rings. The first kappa shape index (κ1) is 15.8. The first-order valence-corrected chi connectivity index (χ1v) is 7.84. The van der Waals surface area contributed by atoms with E-state index in [0.717, 1.165) is 0 Å². The molecule has 23 heavy (non-hydrogen) atoms. The Kier molecular flexibility index (Phi) is 4.54. The third-order valence-electron chi connectivity index (χ3n) is 3.72. The van der Waals surface area contributed by atoms with E-state index in [9.17, 15) is 9.59 Å². The Morgan fingerprint density at radius 2 is 1.83 bits per heavy atom. The van der Waals surface area contributed by atoms with Crippen LogP contribution in [0.15, 0.2) is 35.4 Å². The van der Waals surface area contributed by atoms with Gasteiger partial charge in [-0.25, -0.2) is 4.98 Å². The number of hydrogen-bond donors (Lipinski definition) is 1. The summed E-state index contributed by atoms with van der Waals surface area (Å²) in [6.45, 7) is 2.33. The van der Waals surface area contributed by atoms with Crippen molar-refractivity contribution >= 4 is 34.9 Å². The molecule has 0 atom stereocenters. The van der Waals surface area contributed by atoms with Crippen LogP contribution in [-0.2, 0) is 0 Å². The molecule has 6 nitrogen and oxygen atoms in total. The maximum Gasteiger partial charge on any atom is 0.254 e. The maximum absolute atomic E-state index is 12.5. The molecule has 1 amide bonds. The fraction of sp³-hybridized carbons (Fsp3) is 0.267. The van der Waals surface area contributed by atoms with Crippen molar-refractivity contribution in [3.8, 4) is 0 Å². The van der Waals surface area contributed by atoms with Crippen molar-refractivity contribution in [2.75, 3.05) is 31.1 Å². The summed E-state index contributed by atoms with van der Waals surface area (Å²) < 4.78 is 0. The van der Waals surface area contributed by atoms with Crippen molar-refractivity contribution in [2.24, 2.45) is 0 Å². The molecule has 1 aromatic heterocycles. The third kappa shape index (κ3) is 3.48. The number of nitrogens with zero attached hydrogens (tertiary/aromatic N) is 3. The van der Waals surface area contributed by atoms with Crippen LogP contribution in [0.5, 0.6) is 0 Å². The van der Waals surface area contributed by atoms with E-state index in [1.165, 1.54) is 12.4 Å². The van der Waals surface area contributed by atoms with Crippen LogP contribution in [0.2, 0.25) is 10.0 Å². The summed E-state index contributed by atoms with van der Waals surface area (Å²) in [5.41, 5.74) is 0.325. The minimum atomic E-state index is -0.190. The van der Waals surface area contributed by atoms with Crippen LogP contribution >= 0.6 is 23.2 Å². The van der Waals surface area contributed by atoms with Crippen LogP contribution in [0.3, 0.4) is 0 Å². The lowest BCUT2D eigenvalue weighted by Gasteiger charge is -2.35. The summed E-state index contributed by atoms with van der Waals surface area (Å²) in [6, 6.07) is 6.32. The Balaban J connectivity index is 1.67. The number of aromatic nitrogens is 2. The van der Waals surface area contributed by atoms with Crippen molar-refractivity contribution < 1.29 is 4.79 Å². The highest BCUT2D eigenvalue weighted by molar-refractivity contribution is 6.42. The second-order valence-corrected chi connectivity index (χ2v) is 5.99. The minimum Gasteiger partial charge on any atom is -0.353 e. The number of nitrogens with one attached hydrogen (secondary N) is 1. The topological polar surface area (TPSA) is 69.3 Å². The number of carbonyl (C=O) groups is 1. The summed E-state index contributed by atoms with van der Waals surface area (Å²) in [5, 5.41) is 0.789. The lowest BCUT2D eigenvalue weighted by Crippen LogP contribution is -2.49. The van der Waals surface area contributed by atoms with Crippen molar-refractivity contribution in [3.63, 3.8) is 0 Å². The van der Waals surface area contributed by atoms with Crippen LogP contribution in [0.1, 0.15) is 10.4 Å². The van der Waals surface area contributed by atoms with Gasteiger partial charge in [-0.05, 0) is 18.2 Å². The number of piperazine rings is 1. The molecule has 1 N–H and O–H groups in total. The SMILES string of the molecule is O=C(c1ccc(Cl)c(Cl)c1)N1CCN(c2cc(=O)[nH]cn2)CC1. The van der Waals surface area contributed by atoms with E-state index < -0.39 is 0 Å². The Labute approximate surface area is 142 Å². The lowest BCUT2D eigenvalue weighted by atomic mass is 10.2. The molecule has 0 bridgehead atoms. The molecule has 1 aliphatic heterocycles. The monoisotopic (exact) mass is 352 g/mol. The second kappa shape index (κ2) is 6.60. The molecule has 2 aromatic rings. The predicted molar refractivity (Wildman–Crippen MR) is 89.4 cm³/mol. The van der Waals surface area contributed by atoms with Crippen LogP contribution in [0.25, 0.3) is 0 Å². The highest BCUT2D eigenvalue weighted by Crippen LogP contribution is 2.23. The van der Waals surface area contributed by atoms with Gasteiger partial charge in [0.2, 0.25) is 0 Å². The number of hydrogen-bond acceptors (Lipinski definition) is 4. The normalized spacial score (nSPS) is 14.9. The number of anilines is 1. The van der Waals surface area contributed by atoms with Gasteiger partial charge in [0.05, 0.1) is 16.4 Å². The van der Waals surface area contributed by atoms with Gasteiger partial charge in [-0.15, -0.1) is 0 Å². The fourth-order valence-electron chi connectivity index (χ4n) is 2.48. The van der Waals surface area contributed by atoms with Gasteiger partial charge in [-0.1, -0.05) is 23.2 Å². The molecule has 0 unspecified atom stereocenters. The average molecular weight is 353 g/mol. The van der Waals surface area contributed by atoms with Gasteiger partial charge in [0.15, 0.2) is 0 Å². The van der Waals surface area contributed by atoms with Crippen molar-refractivity contribution in [3.05, 3.63) is 56.6 Å². The molecule has 2 heterocycles. The van der Waals surface area contributed by atoms with E-state index in [-0.39, 0.29) is 11.5 Å². The molecule has 0 aliphatic carbocycles. The van der Waals surface area contributed by atoms with E-state index in [1.807, 2.05) is 4.90 Å². The molecule has 0 radical (unpaired) electrons. The van der Waals surface area contributed by atoms with Crippen LogP contribution < -0.4 is 10.5 Å². The molecule has 1 saturated heterocycles. The molecule has 120 valence electrons. The Hall–Kier alpha value is -2.05. The number of halogens is 2. The van der Waals surface area contributed by atoms with Crippen molar-refractivity contribution in [2.45, 2.75) is 0 Å². The third-order valence-corrected chi connectivity index (χ3v) is 4.46. The van der Waals surface area contributed by atoms with Crippen LogP contribution in [-0.4, -0.2) is 47.0 Å². The number of carbonyl (C=O) groups excluding carboxylic acids is 1. The summed E-state index contributed by atoms with van der Waals surface area (Å²) in [7, 11) is 0. The average Bonchev–Trinajstić information content (AvgIpc) is 2.57. The molecule has 1 aromatic carbocycles. The quantitative estimate of drug-likeness (QED) is 0.897. The number of aromatic amines is 1. The largest absolute Gasteiger partial charge is 0.353 e. The van der Waals surface area contributed by atoms with Crippen molar-refractivity contribution in [1.82, 2.24) is 14.9 Å². The molecule has 3 rings (SSSR count). The Morgan fingerprint density at radius 1 is 1.09 bits per heavy atom. The van der Waals surface area contributed by atoms with Gasteiger partial charge in [-0.3, -0.25) is 9.59 Å². The summed E-state index contributed by atoms with van der Waals surface area (Å²) in [4.78, 5) is 34.2. The summed E-state index contributed by atoms with van der Waals surface area (Å²) in [6.07, 6.45) is 1.38. The van der Waals surface area contributed by atoms with Gasteiger partial charge in [0.25, 0.3) is 11.5 Å². The van der Waals surface area contributed by atoms with Crippen LogP contribution in [0, 0.1) is 0 Å². The highest BCUT2D eigenvalue weighted by Gasteiger charge is 2.23. The second-order valence-electron chi connectivity index (χ2n) is 5.18. The Bertz CT molecular complexity index is 785. The van der Waals surface area contributed by atoms with E-state index >= 15 is 0 Å². The van der Waals surface area contributed by atoms with Gasteiger partial charge in [-0.2, -0.15) is 0 Å². The summed E-state index contributed by atoms with van der Waals surface area (Å²) >= 11 is 11.8. The van der Waals surface area contributed by atoms with E-state index in [2.05, 4.69) is 9.97 Å². The van der Waals surface area contributed by atoms with Gasteiger partial charge in [0, 0.05) is 37.8 Å². The zero-order valence-electron chi connectivity index (χ0n) is 12.1. The maximum atomic E-state index is 12.5. The van der Waals surface area contributed by atoms with E-state index in [4.69, 9.17) is 23.2 Å². The molecule has 8 heteroatoms. The van der Waals surface area contributed by atoms with Gasteiger partial charge in [0.1, 0.15) is 5.82 Å². The lowest BCUT2D eigenvalue weighted by molar-refractivity contribution is 0.0746. The van der Waals surface area contributed by atoms with Gasteiger partial charge >= 0.3 is 0 Å². The summed E-state index contributed by atoms with van der Waals surface area (Å²) in [5.74, 6) is 0.539. The number of benzene rings is 1. The molecule has 0 spiro atoms.